The second-order valence-corrected chi connectivity index (χ2v) is 3.10. The first kappa shape index (κ1) is 7.55. The molecule has 3 nitrogen and oxygen atoms in total. The molecule has 2 aromatic rings. The molecule has 0 saturated heterocycles. The van der Waals surface area contributed by atoms with Crippen molar-refractivity contribution in [3.63, 3.8) is 0 Å². The molecule has 0 N–H and O–H groups in total. The van der Waals surface area contributed by atoms with Gasteiger partial charge in [0.25, 0.3) is 0 Å². The van der Waals surface area contributed by atoms with Crippen LogP contribution in [0.2, 0.25) is 5.15 Å². The Morgan fingerprint density at radius 3 is 3.00 bits per heavy atom. The molecule has 0 aliphatic heterocycles. The number of aromatic nitrogens is 3. The van der Waals surface area contributed by atoms with E-state index in [0.717, 1.165) is 16.9 Å². The lowest BCUT2D eigenvalue weighted by Gasteiger charge is -1.94. The molecule has 0 aromatic carbocycles. The van der Waals surface area contributed by atoms with Gasteiger partial charge in [-0.15, -0.1) is 0 Å². The highest BCUT2D eigenvalue weighted by atomic mass is 35.5. The largest absolute Gasteiger partial charge is 0.330 e. The maximum Gasteiger partial charge on any atom is 0.131 e. The van der Waals surface area contributed by atoms with E-state index in [2.05, 4.69) is 9.97 Å². The number of pyridine rings is 1. The van der Waals surface area contributed by atoms with Crippen LogP contribution in [-0.2, 0) is 7.05 Å². The minimum atomic E-state index is 0.487. The van der Waals surface area contributed by atoms with Crippen molar-refractivity contribution in [1.82, 2.24) is 14.5 Å². The van der Waals surface area contributed by atoms with Crippen molar-refractivity contribution in [2.24, 2.45) is 7.05 Å². The van der Waals surface area contributed by atoms with Crippen LogP contribution in [-0.4, -0.2) is 14.5 Å². The molecule has 2 heterocycles. The van der Waals surface area contributed by atoms with Crippen molar-refractivity contribution < 1.29 is 0 Å². The number of aryl methyl sites for hydroxylation is 2. The van der Waals surface area contributed by atoms with Gasteiger partial charge in [0, 0.05) is 13.1 Å². The normalized spacial score (nSPS) is 10.9. The van der Waals surface area contributed by atoms with E-state index in [4.69, 9.17) is 11.6 Å². The molecule has 0 unspecified atom stereocenters. The Balaban J connectivity index is 2.87. The van der Waals surface area contributed by atoms with Crippen LogP contribution in [0, 0.1) is 6.92 Å². The Kier molecular flexibility index (Phi) is 1.54. The summed E-state index contributed by atoms with van der Waals surface area (Å²) in [5.74, 6) is 0.967. The summed E-state index contributed by atoms with van der Waals surface area (Å²) in [6.07, 6.45) is 1.73. The van der Waals surface area contributed by atoms with E-state index in [1.165, 1.54) is 0 Å². The van der Waals surface area contributed by atoms with Gasteiger partial charge in [0.1, 0.15) is 11.0 Å². The molecule has 0 fully saturated rings. The van der Waals surface area contributed by atoms with Gasteiger partial charge in [-0.1, -0.05) is 11.6 Å². The first-order chi connectivity index (χ1) is 5.68. The van der Waals surface area contributed by atoms with E-state index in [-0.39, 0.29) is 0 Å². The van der Waals surface area contributed by atoms with Gasteiger partial charge in [-0.25, -0.2) is 9.97 Å². The molecule has 0 saturated carbocycles. The minimum Gasteiger partial charge on any atom is -0.330 e. The molecule has 12 heavy (non-hydrogen) atoms. The second-order valence-electron chi connectivity index (χ2n) is 2.71. The van der Waals surface area contributed by atoms with Crippen molar-refractivity contribution in [3.8, 4) is 0 Å². The Labute approximate surface area is 75.0 Å². The van der Waals surface area contributed by atoms with E-state index < -0.39 is 0 Å². The monoisotopic (exact) mass is 181 g/mol. The molecule has 0 atom stereocenters. The fourth-order valence-corrected chi connectivity index (χ4v) is 1.34. The standard InChI is InChI=1S/C8H8ClN3/c1-5-11-6-3-8(9)10-4-7(6)12(5)2/h3-4H,1-2H3. The smallest absolute Gasteiger partial charge is 0.131 e. The van der Waals surface area contributed by atoms with Gasteiger partial charge < -0.3 is 4.57 Å². The fraction of sp³-hybridized carbons (Fsp3) is 0.250. The molecule has 2 rings (SSSR count). The number of fused-ring (bicyclic) bond motifs is 1. The number of halogens is 1. The number of imidazole rings is 1. The average molecular weight is 182 g/mol. The van der Waals surface area contributed by atoms with Crippen molar-refractivity contribution in [3.05, 3.63) is 23.2 Å². The summed E-state index contributed by atoms with van der Waals surface area (Å²) < 4.78 is 1.98. The van der Waals surface area contributed by atoms with Gasteiger partial charge in [-0.05, 0) is 6.92 Å². The van der Waals surface area contributed by atoms with Gasteiger partial charge in [0.2, 0.25) is 0 Å². The van der Waals surface area contributed by atoms with Gasteiger partial charge in [-0.2, -0.15) is 0 Å². The predicted molar refractivity (Wildman–Crippen MR) is 48.3 cm³/mol. The predicted octanol–water partition coefficient (Wildman–Crippen LogP) is 1.93. The second kappa shape index (κ2) is 2.45. The van der Waals surface area contributed by atoms with E-state index in [1.54, 1.807) is 12.3 Å². The molecule has 62 valence electrons. The molecule has 2 aromatic heterocycles. The van der Waals surface area contributed by atoms with Crippen molar-refractivity contribution in [1.29, 1.82) is 0 Å². The third kappa shape index (κ3) is 0.975. The Hall–Kier alpha value is -1.09. The van der Waals surface area contributed by atoms with Crippen LogP contribution in [0.3, 0.4) is 0 Å². The number of nitrogens with zero attached hydrogens (tertiary/aromatic N) is 3. The van der Waals surface area contributed by atoms with Crippen molar-refractivity contribution in [2.75, 3.05) is 0 Å². The summed E-state index contributed by atoms with van der Waals surface area (Å²) in [6.45, 7) is 1.95. The number of hydrogen-bond donors (Lipinski definition) is 0. The van der Waals surface area contributed by atoms with E-state index >= 15 is 0 Å². The van der Waals surface area contributed by atoms with Crippen LogP contribution in [0.1, 0.15) is 5.82 Å². The number of hydrogen-bond acceptors (Lipinski definition) is 2. The zero-order chi connectivity index (χ0) is 8.72. The zero-order valence-corrected chi connectivity index (χ0v) is 7.63. The molecule has 0 amide bonds. The topological polar surface area (TPSA) is 30.7 Å². The van der Waals surface area contributed by atoms with Crippen LogP contribution in [0.4, 0.5) is 0 Å². The highest BCUT2D eigenvalue weighted by molar-refractivity contribution is 6.29. The summed E-state index contributed by atoms with van der Waals surface area (Å²) >= 11 is 5.72. The van der Waals surface area contributed by atoms with E-state index in [9.17, 15) is 0 Å². The number of rotatable bonds is 0. The molecule has 4 heteroatoms. The van der Waals surface area contributed by atoms with Gasteiger partial charge in [0.15, 0.2) is 0 Å². The van der Waals surface area contributed by atoms with Crippen LogP contribution in [0.25, 0.3) is 11.0 Å². The lowest BCUT2D eigenvalue weighted by molar-refractivity contribution is 0.884. The zero-order valence-electron chi connectivity index (χ0n) is 6.87. The molecule has 0 bridgehead atoms. The van der Waals surface area contributed by atoms with Crippen LogP contribution < -0.4 is 0 Å². The molecule has 0 spiro atoms. The summed E-state index contributed by atoms with van der Waals surface area (Å²) in [5, 5.41) is 0.487. The minimum absolute atomic E-state index is 0.487. The first-order valence-corrected chi connectivity index (χ1v) is 4.01. The lowest BCUT2D eigenvalue weighted by atomic mass is 10.4. The maximum absolute atomic E-state index is 5.72. The highest BCUT2D eigenvalue weighted by Crippen LogP contribution is 2.16. The lowest BCUT2D eigenvalue weighted by Crippen LogP contribution is -1.90. The summed E-state index contributed by atoms with van der Waals surface area (Å²) in [6, 6.07) is 1.77. The molecule has 0 aliphatic rings. The molecule has 0 aliphatic carbocycles. The Morgan fingerprint density at radius 1 is 1.50 bits per heavy atom. The van der Waals surface area contributed by atoms with Gasteiger partial charge >= 0.3 is 0 Å². The van der Waals surface area contributed by atoms with E-state index in [1.807, 2.05) is 18.5 Å². The van der Waals surface area contributed by atoms with Crippen molar-refractivity contribution >= 4 is 22.6 Å². The Bertz CT molecular complexity index is 433. The van der Waals surface area contributed by atoms with Crippen LogP contribution in [0.5, 0.6) is 0 Å². The SMILES string of the molecule is Cc1nc2cc(Cl)ncc2n1C. The molecular formula is C8H8ClN3. The molecule has 0 radical (unpaired) electrons. The maximum atomic E-state index is 5.72. The quantitative estimate of drug-likeness (QED) is 0.582. The Morgan fingerprint density at radius 2 is 2.25 bits per heavy atom. The summed E-state index contributed by atoms with van der Waals surface area (Å²) in [7, 11) is 1.96. The van der Waals surface area contributed by atoms with Crippen LogP contribution >= 0.6 is 11.6 Å². The fourth-order valence-electron chi connectivity index (χ4n) is 1.18. The van der Waals surface area contributed by atoms with E-state index in [0.29, 0.717) is 5.15 Å². The van der Waals surface area contributed by atoms with Crippen molar-refractivity contribution in [2.45, 2.75) is 6.92 Å². The third-order valence-corrected chi connectivity index (χ3v) is 2.16. The summed E-state index contributed by atoms with van der Waals surface area (Å²) in [4.78, 5) is 8.30. The summed E-state index contributed by atoms with van der Waals surface area (Å²) in [5.41, 5.74) is 1.91. The van der Waals surface area contributed by atoms with Gasteiger partial charge in [0.05, 0.1) is 17.2 Å². The van der Waals surface area contributed by atoms with Crippen LogP contribution in [0.15, 0.2) is 12.3 Å². The highest BCUT2D eigenvalue weighted by Gasteiger charge is 2.03. The molecular weight excluding hydrogens is 174 g/mol. The first-order valence-electron chi connectivity index (χ1n) is 3.63. The third-order valence-electron chi connectivity index (χ3n) is 1.96. The van der Waals surface area contributed by atoms with Gasteiger partial charge in [-0.3, -0.25) is 0 Å². The average Bonchev–Trinajstić information content (AvgIpc) is 2.28.